The molecule has 1 amide bonds. The molecule has 36 heavy (non-hydrogen) atoms. The fraction of sp³-hybridized carbons (Fsp3) is 0.500. The van der Waals surface area contributed by atoms with Crippen LogP contribution in [0.15, 0.2) is 30.5 Å². The Morgan fingerprint density at radius 1 is 1.17 bits per heavy atom. The van der Waals surface area contributed by atoms with Gasteiger partial charge in [-0.2, -0.15) is 10.2 Å². The van der Waals surface area contributed by atoms with Gasteiger partial charge in [0.2, 0.25) is 5.69 Å². The van der Waals surface area contributed by atoms with Crippen LogP contribution in [-0.2, 0) is 12.1 Å². The zero-order valence-corrected chi connectivity index (χ0v) is 21.2. The Hall–Kier alpha value is -3.20. The molecule has 9 nitrogen and oxygen atoms in total. The summed E-state index contributed by atoms with van der Waals surface area (Å²) >= 11 is 6.11. The van der Waals surface area contributed by atoms with Crippen LogP contribution >= 0.6 is 11.6 Å². The lowest BCUT2D eigenvalue weighted by molar-refractivity contribution is -0.385. The summed E-state index contributed by atoms with van der Waals surface area (Å²) in [6, 6.07) is 7.52. The number of nitrogens with one attached hydrogen (secondary N) is 1. The summed E-state index contributed by atoms with van der Waals surface area (Å²) in [5, 5.41) is 24.6. The van der Waals surface area contributed by atoms with Crippen molar-refractivity contribution in [3.63, 3.8) is 0 Å². The second-order valence-corrected chi connectivity index (χ2v) is 11.4. The van der Waals surface area contributed by atoms with Crippen LogP contribution in [0.1, 0.15) is 66.0 Å². The monoisotopic (exact) mass is 508 g/mol. The third-order valence-electron chi connectivity index (χ3n) is 8.44. The summed E-state index contributed by atoms with van der Waals surface area (Å²) in [5.41, 5.74) is 2.32. The highest BCUT2D eigenvalue weighted by Gasteiger charge is 2.53. The van der Waals surface area contributed by atoms with Gasteiger partial charge >= 0.3 is 5.69 Å². The number of hydrogen-bond acceptors (Lipinski definition) is 5. The number of halogens is 1. The van der Waals surface area contributed by atoms with Gasteiger partial charge in [-0.1, -0.05) is 23.7 Å². The summed E-state index contributed by atoms with van der Waals surface area (Å²) < 4.78 is 3.56. The van der Waals surface area contributed by atoms with Gasteiger partial charge in [0.1, 0.15) is 6.20 Å². The molecule has 1 aromatic carbocycles. The number of anilines is 1. The highest BCUT2D eigenvalue weighted by molar-refractivity contribution is 6.30. The Labute approximate surface area is 214 Å². The average Bonchev–Trinajstić information content (AvgIpc) is 3.37. The van der Waals surface area contributed by atoms with Crippen molar-refractivity contribution in [3.8, 4) is 0 Å². The molecule has 0 aliphatic heterocycles. The van der Waals surface area contributed by atoms with Crippen LogP contribution in [-0.4, -0.2) is 30.4 Å². The molecular weight excluding hydrogens is 480 g/mol. The zero-order valence-electron chi connectivity index (χ0n) is 20.4. The molecule has 0 radical (unpaired) electrons. The van der Waals surface area contributed by atoms with Crippen molar-refractivity contribution in [2.75, 3.05) is 5.32 Å². The first-order chi connectivity index (χ1) is 17.2. The number of aromatic nitrogens is 4. The molecule has 0 saturated heterocycles. The first-order valence-electron chi connectivity index (χ1n) is 12.5. The number of nitrogens with zero attached hydrogens (tertiary/aromatic N) is 5. The standard InChI is InChI=1S/C26H29ClN6O3/c1-15-23(16(2)31(29-15)13-17-4-3-5-21(27)9-17)28-25(34)24-22(33(35)36)14-32(30-24)26-10-18-6-19(11-26)8-20(7-18)12-26/h3-5,9,14,18-20H,6-8,10-13H2,1-2H3,(H,28,34). The molecule has 0 unspecified atom stereocenters. The molecule has 7 rings (SSSR count). The van der Waals surface area contributed by atoms with Crippen molar-refractivity contribution in [3.05, 3.63) is 68.2 Å². The van der Waals surface area contributed by atoms with Crippen molar-refractivity contribution in [1.82, 2.24) is 19.6 Å². The number of benzene rings is 1. The van der Waals surface area contributed by atoms with Gasteiger partial charge < -0.3 is 5.32 Å². The summed E-state index contributed by atoms with van der Waals surface area (Å²) in [4.78, 5) is 24.8. The number of carbonyl (C=O) groups is 1. The van der Waals surface area contributed by atoms with Gasteiger partial charge in [-0.3, -0.25) is 24.3 Å². The van der Waals surface area contributed by atoms with E-state index < -0.39 is 10.8 Å². The van der Waals surface area contributed by atoms with E-state index >= 15 is 0 Å². The van der Waals surface area contributed by atoms with Crippen LogP contribution in [0.5, 0.6) is 0 Å². The molecule has 1 N–H and O–H groups in total. The topological polar surface area (TPSA) is 108 Å². The average molecular weight is 509 g/mol. The molecule has 2 heterocycles. The fourth-order valence-electron chi connectivity index (χ4n) is 7.26. The third kappa shape index (κ3) is 3.89. The Morgan fingerprint density at radius 3 is 2.44 bits per heavy atom. The van der Waals surface area contributed by atoms with Crippen molar-refractivity contribution in [1.29, 1.82) is 0 Å². The van der Waals surface area contributed by atoms with Gasteiger partial charge in [-0.15, -0.1) is 0 Å². The lowest BCUT2D eigenvalue weighted by Gasteiger charge is -2.56. The van der Waals surface area contributed by atoms with Crippen LogP contribution in [0.25, 0.3) is 0 Å². The zero-order chi connectivity index (χ0) is 25.2. The molecule has 4 saturated carbocycles. The smallest absolute Gasteiger partial charge is 0.317 e. The molecule has 2 aromatic heterocycles. The first kappa shape index (κ1) is 23.2. The Balaban J connectivity index is 1.28. The van der Waals surface area contributed by atoms with Gasteiger partial charge in [-0.25, -0.2) is 0 Å². The fourth-order valence-corrected chi connectivity index (χ4v) is 7.47. The van der Waals surface area contributed by atoms with E-state index in [1.807, 2.05) is 31.2 Å². The normalized spacial score (nSPS) is 26.4. The van der Waals surface area contributed by atoms with E-state index in [2.05, 4.69) is 15.5 Å². The maximum absolute atomic E-state index is 13.4. The summed E-state index contributed by atoms with van der Waals surface area (Å²) in [6.07, 6.45) is 8.24. The maximum atomic E-state index is 13.4. The van der Waals surface area contributed by atoms with Gasteiger partial charge in [0.05, 0.1) is 34.1 Å². The molecule has 188 valence electrons. The van der Waals surface area contributed by atoms with E-state index in [9.17, 15) is 14.9 Å². The minimum Gasteiger partial charge on any atom is -0.317 e. The van der Waals surface area contributed by atoms with E-state index in [-0.39, 0.29) is 16.9 Å². The second kappa shape index (κ2) is 8.44. The number of hydrogen-bond donors (Lipinski definition) is 1. The highest BCUT2D eigenvalue weighted by Crippen LogP contribution is 2.58. The minimum atomic E-state index is -0.585. The van der Waals surface area contributed by atoms with E-state index in [0.717, 1.165) is 30.5 Å². The quantitative estimate of drug-likeness (QED) is 0.350. The van der Waals surface area contributed by atoms with Crippen molar-refractivity contribution in [2.24, 2.45) is 17.8 Å². The van der Waals surface area contributed by atoms with Gasteiger partial charge in [0.25, 0.3) is 5.91 Å². The van der Waals surface area contributed by atoms with Crippen LogP contribution in [0.4, 0.5) is 11.4 Å². The van der Waals surface area contributed by atoms with E-state index in [1.165, 1.54) is 25.5 Å². The Bertz CT molecular complexity index is 1340. The lowest BCUT2D eigenvalue weighted by Crippen LogP contribution is -2.52. The number of carbonyl (C=O) groups excluding carboxylic acids is 1. The van der Waals surface area contributed by atoms with E-state index in [0.29, 0.717) is 40.7 Å². The summed E-state index contributed by atoms with van der Waals surface area (Å²) in [7, 11) is 0. The predicted molar refractivity (Wildman–Crippen MR) is 135 cm³/mol. The van der Waals surface area contributed by atoms with Crippen LogP contribution in [0.3, 0.4) is 0 Å². The first-order valence-corrected chi connectivity index (χ1v) is 12.9. The van der Waals surface area contributed by atoms with Gasteiger partial charge in [-0.05, 0) is 87.8 Å². The molecule has 4 aliphatic carbocycles. The second-order valence-electron chi connectivity index (χ2n) is 11.0. The third-order valence-corrected chi connectivity index (χ3v) is 8.68. The number of aryl methyl sites for hydroxylation is 1. The highest BCUT2D eigenvalue weighted by atomic mass is 35.5. The molecule has 10 heteroatoms. The van der Waals surface area contributed by atoms with Crippen molar-refractivity contribution >= 4 is 28.9 Å². The summed E-state index contributed by atoms with van der Waals surface area (Å²) in [5.74, 6) is 1.39. The Morgan fingerprint density at radius 2 is 1.83 bits per heavy atom. The molecule has 0 atom stereocenters. The molecule has 3 aromatic rings. The van der Waals surface area contributed by atoms with Crippen LogP contribution < -0.4 is 5.32 Å². The molecule has 4 fully saturated rings. The Kier molecular flexibility index (Phi) is 5.44. The molecule has 4 aliphatic rings. The van der Waals surface area contributed by atoms with Crippen molar-refractivity contribution < 1.29 is 9.72 Å². The van der Waals surface area contributed by atoms with Gasteiger partial charge in [0, 0.05) is 5.02 Å². The van der Waals surface area contributed by atoms with Crippen molar-refractivity contribution in [2.45, 2.75) is 64.5 Å². The minimum absolute atomic E-state index is 0.142. The molecule has 0 spiro atoms. The lowest BCUT2D eigenvalue weighted by atomic mass is 9.53. The maximum Gasteiger partial charge on any atom is 0.320 e. The molecule has 4 bridgehead atoms. The van der Waals surface area contributed by atoms with E-state index in [1.54, 1.807) is 16.3 Å². The SMILES string of the molecule is Cc1nn(Cc2cccc(Cl)c2)c(C)c1NC(=O)c1nn(C23CC4CC(CC(C4)C2)C3)cc1[N+](=O)[O-]. The predicted octanol–water partition coefficient (Wildman–Crippen LogP) is 5.48. The van der Waals surface area contributed by atoms with Gasteiger partial charge in [0.15, 0.2) is 0 Å². The van der Waals surface area contributed by atoms with Crippen LogP contribution in [0, 0.1) is 41.7 Å². The summed E-state index contributed by atoms with van der Waals surface area (Å²) in [6.45, 7) is 4.16. The number of amides is 1. The largest absolute Gasteiger partial charge is 0.320 e. The van der Waals surface area contributed by atoms with Crippen LogP contribution in [0.2, 0.25) is 5.02 Å². The number of rotatable bonds is 6. The molecular formula is C26H29ClN6O3. The number of nitro groups is 1. The van der Waals surface area contributed by atoms with E-state index in [4.69, 9.17) is 11.6 Å².